The van der Waals surface area contributed by atoms with Crippen LogP contribution in [0.5, 0.6) is 0 Å². The first-order valence-corrected chi connectivity index (χ1v) is 4.57. The number of halogens is 3. The Balaban J connectivity index is 2.59. The molecule has 0 saturated carbocycles. The van der Waals surface area contributed by atoms with Crippen LogP contribution in [0.4, 0.5) is 13.2 Å². The molecule has 0 bridgehead atoms. The van der Waals surface area contributed by atoms with Gasteiger partial charge in [0.1, 0.15) is 5.56 Å². The molecule has 0 radical (unpaired) electrons. The molecule has 18 heavy (non-hydrogen) atoms. The number of aromatic nitrogens is 4. The van der Waals surface area contributed by atoms with Crippen LogP contribution in [0.1, 0.15) is 15.9 Å². The van der Waals surface area contributed by atoms with Crippen LogP contribution in [0.25, 0.3) is 5.82 Å². The fourth-order valence-electron chi connectivity index (χ4n) is 1.25. The van der Waals surface area contributed by atoms with Gasteiger partial charge < -0.3 is 5.11 Å². The van der Waals surface area contributed by atoms with E-state index < -0.39 is 23.3 Å². The summed E-state index contributed by atoms with van der Waals surface area (Å²) in [5.41, 5.74) is -1.77. The highest BCUT2D eigenvalue weighted by atomic mass is 19.4. The largest absolute Gasteiger partial charge is 0.478 e. The van der Waals surface area contributed by atoms with E-state index in [0.717, 1.165) is 4.80 Å². The van der Waals surface area contributed by atoms with Gasteiger partial charge in [-0.2, -0.15) is 23.4 Å². The molecule has 2 heterocycles. The first-order chi connectivity index (χ1) is 8.39. The lowest BCUT2D eigenvalue weighted by Crippen LogP contribution is -2.14. The van der Waals surface area contributed by atoms with E-state index in [0.29, 0.717) is 12.3 Å². The van der Waals surface area contributed by atoms with Crippen molar-refractivity contribution >= 4 is 5.97 Å². The molecule has 94 valence electrons. The highest BCUT2D eigenvalue weighted by Crippen LogP contribution is 2.30. The second-order valence-corrected chi connectivity index (χ2v) is 3.22. The van der Waals surface area contributed by atoms with Gasteiger partial charge in [0.2, 0.25) is 0 Å². The zero-order valence-corrected chi connectivity index (χ0v) is 8.59. The Labute approximate surface area is 97.7 Å². The highest BCUT2D eigenvalue weighted by Gasteiger charge is 2.33. The number of aromatic carboxylic acids is 1. The van der Waals surface area contributed by atoms with Crippen molar-refractivity contribution in [3.63, 3.8) is 0 Å². The zero-order valence-electron chi connectivity index (χ0n) is 8.59. The summed E-state index contributed by atoms with van der Waals surface area (Å²) in [6.45, 7) is 0. The van der Waals surface area contributed by atoms with Gasteiger partial charge in [-0.3, -0.25) is 0 Å². The fourth-order valence-corrected chi connectivity index (χ4v) is 1.25. The summed E-state index contributed by atoms with van der Waals surface area (Å²) >= 11 is 0. The molecule has 2 aromatic rings. The number of pyridine rings is 1. The van der Waals surface area contributed by atoms with Crippen molar-refractivity contribution in [3.8, 4) is 5.82 Å². The van der Waals surface area contributed by atoms with Gasteiger partial charge in [0.15, 0.2) is 5.82 Å². The molecule has 1 N–H and O–H groups in total. The SMILES string of the molecule is O=C(O)c1cc(C(F)(F)F)cnc1-n1nccn1. The third kappa shape index (κ3) is 2.14. The van der Waals surface area contributed by atoms with Gasteiger partial charge in [-0.1, -0.05) is 0 Å². The number of carboxylic acids is 1. The predicted molar refractivity (Wildman–Crippen MR) is 51.1 cm³/mol. The summed E-state index contributed by atoms with van der Waals surface area (Å²) in [5, 5.41) is 16.1. The van der Waals surface area contributed by atoms with E-state index in [4.69, 9.17) is 5.11 Å². The van der Waals surface area contributed by atoms with Crippen LogP contribution in [0.3, 0.4) is 0 Å². The first kappa shape index (κ1) is 12.0. The molecule has 6 nitrogen and oxygen atoms in total. The maximum absolute atomic E-state index is 12.4. The minimum Gasteiger partial charge on any atom is -0.478 e. The second-order valence-electron chi connectivity index (χ2n) is 3.22. The molecule has 2 rings (SSSR count). The lowest BCUT2D eigenvalue weighted by atomic mass is 10.2. The highest BCUT2D eigenvalue weighted by molar-refractivity contribution is 5.91. The number of hydrogen-bond acceptors (Lipinski definition) is 4. The van der Waals surface area contributed by atoms with Gasteiger partial charge in [0.05, 0.1) is 18.0 Å². The molecule has 0 aliphatic carbocycles. The van der Waals surface area contributed by atoms with E-state index in [1.807, 2.05) is 0 Å². The van der Waals surface area contributed by atoms with Crippen LogP contribution >= 0.6 is 0 Å². The summed E-state index contributed by atoms with van der Waals surface area (Å²) in [6, 6.07) is 0.494. The number of hydrogen-bond donors (Lipinski definition) is 1. The lowest BCUT2D eigenvalue weighted by Gasteiger charge is -2.09. The van der Waals surface area contributed by atoms with E-state index in [1.54, 1.807) is 0 Å². The molecular weight excluding hydrogens is 253 g/mol. The van der Waals surface area contributed by atoms with Crippen molar-refractivity contribution in [3.05, 3.63) is 35.8 Å². The lowest BCUT2D eigenvalue weighted by molar-refractivity contribution is -0.137. The van der Waals surface area contributed by atoms with E-state index in [9.17, 15) is 18.0 Å². The van der Waals surface area contributed by atoms with Crippen LogP contribution in [0, 0.1) is 0 Å². The van der Waals surface area contributed by atoms with Crippen LogP contribution in [-0.2, 0) is 6.18 Å². The monoisotopic (exact) mass is 258 g/mol. The number of alkyl halides is 3. The Morgan fingerprint density at radius 1 is 1.28 bits per heavy atom. The Morgan fingerprint density at radius 2 is 1.89 bits per heavy atom. The molecule has 0 fully saturated rings. The Hall–Kier alpha value is -2.45. The van der Waals surface area contributed by atoms with Crippen LogP contribution in [-0.4, -0.2) is 31.1 Å². The first-order valence-electron chi connectivity index (χ1n) is 4.57. The fraction of sp³-hybridized carbons (Fsp3) is 0.111. The standard InChI is InChI=1S/C9H5F3N4O2/c10-9(11,12)5-3-6(8(17)18)7(13-4-5)16-14-1-2-15-16/h1-4H,(H,17,18). The molecule has 0 atom stereocenters. The number of carboxylic acid groups (broad SMARTS) is 1. The summed E-state index contributed by atoms with van der Waals surface area (Å²) in [5.74, 6) is -1.82. The molecule has 0 unspecified atom stereocenters. The van der Waals surface area contributed by atoms with E-state index in [1.165, 1.54) is 12.4 Å². The molecular formula is C9H5F3N4O2. The van der Waals surface area contributed by atoms with E-state index >= 15 is 0 Å². The van der Waals surface area contributed by atoms with Crippen molar-refractivity contribution in [1.82, 2.24) is 20.0 Å². The molecule has 0 spiro atoms. The van der Waals surface area contributed by atoms with E-state index in [2.05, 4.69) is 15.2 Å². The van der Waals surface area contributed by atoms with Crippen molar-refractivity contribution in [2.24, 2.45) is 0 Å². The molecule has 0 amide bonds. The summed E-state index contributed by atoms with van der Waals surface area (Å²) in [6.07, 6.45) is -1.62. The molecule has 9 heteroatoms. The average molecular weight is 258 g/mol. The van der Waals surface area contributed by atoms with Crippen molar-refractivity contribution in [2.45, 2.75) is 6.18 Å². The molecule has 0 saturated heterocycles. The van der Waals surface area contributed by atoms with Gasteiger partial charge in [-0.05, 0) is 6.07 Å². The third-order valence-corrected chi connectivity index (χ3v) is 2.03. The van der Waals surface area contributed by atoms with E-state index in [-0.39, 0.29) is 5.82 Å². The summed E-state index contributed by atoms with van der Waals surface area (Å²) in [7, 11) is 0. The summed E-state index contributed by atoms with van der Waals surface area (Å²) in [4.78, 5) is 15.2. The number of rotatable bonds is 2. The Kier molecular flexibility index (Phi) is 2.73. The Morgan fingerprint density at radius 3 is 2.39 bits per heavy atom. The van der Waals surface area contributed by atoms with Gasteiger partial charge in [-0.15, -0.1) is 4.80 Å². The normalized spacial score (nSPS) is 11.5. The molecule has 2 aromatic heterocycles. The van der Waals surface area contributed by atoms with Gasteiger partial charge in [0, 0.05) is 6.20 Å². The maximum Gasteiger partial charge on any atom is 0.417 e. The van der Waals surface area contributed by atoms with Crippen molar-refractivity contribution in [2.75, 3.05) is 0 Å². The second kappa shape index (κ2) is 4.09. The maximum atomic E-state index is 12.4. The van der Waals surface area contributed by atoms with Crippen LogP contribution < -0.4 is 0 Å². The average Bonchev–Trinajstić information content (AvgIpc) is 2.80. The molecule has 0 aliphatic heterocycles. The molecule has 0 aromatic carbocycles. The van der Waals surface area contributed by atoms with Gasteiger partial charge in [0.25, 0.3) is 0 Å². The van der Waals surface area contributed by atoms with Gasteiger partial charge in [-0.25, -0.2) is 9.78 Å². The molecule has 0 aliphatic rings. The van der Waals surface area contributed by atoms with Gasteiger partial charge >= 0.3 is 12.1 Å². The quantitative estimate of drug-likeness (QED) is 0.880. The number of nitrogens with zero attached hydrogens (tertiary/aromatic N) is 4. The minimum atomic E-state index is -4.66. The summed E-state index contributed by atoms with van der Waals surface area (Å²) < 4.78 is 37.3. The smallest absolute Gasteiger partial charge is 0.417 e. The van der Waals surface area contributed by atoms with Crippen molar-refractivity contribution in [1.29, 1.82) is 0 Å². The number of carbonyl (C=O) groups is 1. The minimum absolute atomic E-state index is 0.277. The topological polar surface area (TPSA) is 80.9 Å². The van der Waals surface area contributed by atoms with Crippen molar-refractivity contribution < 1.29 is 23.1 Å². The predicted octanol–water partition coefficient (Wildman–Crippen LogP) is 1.38. The third-order valence-electron chi connectivity index (χ3n) is 2.03. The van der Waals surface area contributed by atoms with Crippen LogP contribution in [0.15, 0.2) is 24.7 Å². The zero-order chi connectivity index (χ0) is 13.3. The van der Waals surface area contributed by atoms with Crippen LogP contribution in [0.2, 0.25) is 0 Å². The Bertz CT molecular complexity index is 580.